The van der Waals surface area contributed by atoms with Gasteiger partial charge in [0.2, 0.25) is 0 Å². The van der Waals surface area contributed by atoms with Crippen molar-refractivity contribution in [1.29, 1.82) is 0 Å². The summed E-state index contributed by atoms with van der Waals surface area (Å²) >= 11 is 0. The molecule has 35 heavy (non-hydrogen) atoms. The molecule has 1 aromatic heterocycles. The van der Waals surface area contributed by atoms with Gasteiger partial charge in [-0.05, 0) is 49.2 Å². The highest BCUT2D eigenvalue weighted by Crippen LogP contribution is 2.17. The summed E-state index contributed by atoms with van der Waals surface area (Å²) in [6.45, 7) is 5.29. The molecule has 1 aliphatic heterocycles. The van der Waals surface area contributed by atoms with Gasteiger partial charge in [-0.3, -0.25) is 10.00 Å². The van der Waals surface area contributed by atoms with E-state index in [4.69, 9.17) is 19.8 Å². The molecule has 196 valence electrons. The van der Waals surface area contributed by atoms with E-state index in [-0.39, 0.29) is 5.82 Å². The van der Waals surface area contributed by atoms with E-state index in [1.54, 1.807) is 0 Å². The number of hydrogen-bond donors (Lipinski definition) is 3. The first kappa shape index (κ1) is 29.7. The molecule has 0 amide bonds. The average Bonchev–Trinajstić information content (AvgIpc) is 3.28. The van der Waals surface area contributed by atoms with E-state index in [0.29, 0.717) is 0 Å². The third kappa shape index (κ3) is 12.1. The number of carboxylic acids is 2. The summed E-state index contributed by atoms with van der Waals surface area (Å²) in [5.74, 6) is -5.68. The molecule has 0 atom stereocenters. The van der Waals surface area contributed by atoms with Gasteiger partial charge in [0, 0.05) is 38.1 Å². The Morgan fingerprint density at radius 1 is 0.914 bits per heavy atom. The summed E-state index contributed by atoms with van der Waals surface area (Å²) in [6.07, 6.45) is -4.07. The smallest absolute Gasteiger partial charge is 0.475 e. The fraction of sp³-hybridized carbons (Fsp3) is 0.450. The van der Waals surface area contributed by atoms with Gasteiger partial charge in [0.1, 0.15) is 5.82 Å². The maximum absolute atomic E-state index is 12.9. The third-order valence-electron chi connectivity index (χ3n) is 4.54. The number of benzene rings is 1. The molecule has 0 radical (unpaired) electrons. The number of aliphatic carboxylic acids is 2. The van der Waals surface area contributed by atoms with E-state index in [9.17, 15) is 30.7 Å². The van der Waals surface area contributed by atoms with Crippen molar-refractivity contribution in [2.24, 2.45) is 0 Å². The molecule has 0 saturated carbocycles. The zero-order valence-corrected chi connectivity index (χ0v) is 18.1. The number of hydrogen-bond acceptors (Lipinski definition) is 5. The Morgan fingerprint density at radius 3 is 1.80 bits per heavy atom. The normalized spacial score (nSPS) is 14.3. The van der Waals surface area contributed by atoms with E-state index in [1.807, 2.05) is 24.5 Å². The topological polar surface area (TPSA) is 110 Å². The molecule has 3 N–H and O–H groups in total. The zero-order chi connectivity index (χ0) is 26.6. The summed E-state index contributed by atoms with van der Waals surface area (Å²) in [4.78, 5) is 22.6. The Kier molecular flexibility index (Phi) is 11.5. The number of H-pyrrole nitrogens is 1. The Balaban J connectivity index is 0.000000362. The van der Waals surface area contributed by atoms with Gasteiger partial charge in [-0.2, -0.15) is 31.4 Å². The number of aromatic amines is 1. The summed E-state index contributed by atoms with van der Waals surface area (Å²) in [6, 6.07) is 6.80. The summed E-state index contributed by atoms with van der Waals surface area (Å²) < 4.78 is 76.4. The molecule has 0 unspecified atom stereocenters. The van der Waals surface area contributed by atoms with E-state index < -0.39 is 24.3 Å². The van der Waals surface area contributed by atoms with Crippen molar-refractivity contribution >= 4 is 17.6 Å². The molecule has 1 aromatic carbocycles. The van der Waals surface area contributed by atoms with Gasteiger partial charge >= 0.3 is 24.3 Å². The first-order valence-electron chi connectivity index (χ1n) is 10.0. The molecule has 3 rings (SSSR count). The Hall–Kier alpha value is -3.36. The minimum Gasteiger partial charge on any atom is -0.475 e. The molecule has 0 aliphatic carbocycles. The number of carbonyl (C=O) groups is 2. The quantitative estimate of drug-likeness (QED) is 0.522. The van der Waals surface area contributed by atoms with Crippen LogP contribution in [0.2, 0.25) is 0 Å². The van der Waals surface area contributed by atoms with E-state index in [2.05, 4.69) is 20.0 Å². The van der Waals surface area contributed by atoms with Gasteiger partial charge in [0.05, 0.1) is 6.20 Å². The molecule has 15 heteroatoms. The number of rotatable bonds is 5. The van der Waals surface area contributed by atoms with E-state index >= 15 is 0 Å². The number of halogens is 7. The number of nitrogens with one attached hydrogen (secondary N) is 1. The maximum atomic E-state index is 12.9. The van der Waals surface area contributed by atoms with Crippen LogP contribution in [-0.4, -0.2) is 82.3 Å². The van der Waals surface area contributed by atoms with Gasteiger partial charge in [0.15, 0.2) is 0 Å². The van der Waals surface area contributed by atoms with Gasteiger partial charge in [-0.25, -0.2) is 14.0 Å². The number of alkyl halides is 6. The first-order chi connectivity index (χ1) is 16.2. The first-order valence-corrected chi connectivity index (χ1v) is 10.0. The van der Waals surface area contributed by atoms with Crippen molar-refractivity contribution in [2.75, 3.05) is 37.6 Å². The fourth-order valence-electron chi connectivity index (χ4n) is 2.80. The fourth-order valence-corrected chi connectivity index (χ4v) is 2.80. The molecule has 2 heterocycles. The SMILES string of the molecule is Fc1ccc(N2CCN(CCCc3cn[nH]c3)CC2)cc1.O=C(O)C(F)(F)F.O=C(O)C(F)(F)F. The molecule has 1 fully saturated rings. The van der Waals surface area contributed by atoms with Crippen LogP contribution in [0, 0.1) is 5.82 Å². The molecular formula is C20H23F7N4O4. The zero-order valence-electron chi connectivity index (χ0n) is 18.1. The second-order valence-corrected chi connectivity index (χ2v) is 7.12. The van der Waals surface area contributed by atoms with Crippen molar-refractivity contribution in [2.45, 2.75) is 25.2 Å². The van der Waals surface area contributed by atoms with E-state index in [0.717, 1.165) is 51.3 Å². The summed E-state index contributed by atoms with van der Waals surface area (Å²) in [5.41, 5.74) is 2.40. The van der Waals surface area contributed by atoms with Crippen molar-refractivity contribution in [3.8, 4) is 0 Å². The lowest BCUT2D eigenvalue weighted by Gasteiger charge is -2.36. The average molecular weight is 516 g/mol. The van der Waals surface area contributed by atoms with Gasteiger partial charge in [0.25, 0.3) is 0 Å². The van der Waals surface area contributed by atoms with Crippen molar-refractivity contribution < 1.29 is 50.5 Å². The lowest BCUT2D eigenvalue weighted by atomic mass is 10.2. The number of piperazine rings is 1. The Morgan fingerprint density at radius 2 is 1.40 bits per heavy atom. The predicted octanol–water partition coefficient (Wildman–Crippen LogP) is 3.57. The van der Waals surface area contributed by atoms with E-state index in [1.165, 1.54) is 17.7 Å². The Labute approximate surface area is 194 Å². The van der Waals surface area contributed by atoms with Crippen LogP contribution < -0.4 is 4.90 Å². The van der Waals surface area contributed by atoms with Crippen LogP contribution in [0.5, 0.6) is 0 Å². The van der Waals surface area contributed by atoms with Crippen molar-refractivity contribution in [3.63, 3.8) is 0 Å². The van der Waals surface area contributed by atoms with Gasteiger partial charge in [-0.15, -0.1) is 0 Å². The van der Waals surface area contributed by atoms with Crippen LogP contribution in [-0.2, 0) is 16.0 Å². The molecular weight excluding hydrogens is 493 g/mol. The second kappa shape index (κ2) is 13.5. The minimum absolute atomic E-state index is 0.170. The van der Waals surface area contributed by atoms with Crippen molar-refractivity contribution in [1.82, 2.24) is 15.1 Å². The van der Waals surface area contributed by atoms with Crippen LogP contribution in [0.25, 0.3) is 0 Å². The third-order valence-corrected chi connectivity index (χ3v) is 4.54. The molecule has 0 spiro atoms. The monoisotopic (exact) mass is 516 g/mol. The highest BCUT2D eigenvalue weighted by atomic mass is 19.4. The molecule has 8 nitrogen and oxygen atoms in total. The lowest BCUT2D eigenvalue weighted by molar-refractivity contribution is -0.193. The number of aromatic nitrogens is 2. The Bertz CT molecular complexity index is 872. The number of anilines is 1. The van der Waals surface area contributed by atoms with Crippen LogP contribution in [0.1, 0.15) is 12.0 Å². The van der Waals surface area contributed by atoms with Crippen molar-refractivity contribution in [3.05, 3.63) is 48.0 Å². The standard InChI is InChI=1S/C16H21FN4.2C2HF3O2/c17-15-3-5-16(6-4-15)21-10-8-20(9-11-21)7-1-2-14-12-18-19-13-14;2*3-2(4,5)1(6)7/h3-6,12-13H,1-2,7-11H2,(H,18,19);2*(H,6,7). The van der Waals surface area contributed by atoms with Gasteiger partial charge < -0.3 is 15.1 Å². The molecule has 1 saturated heterocycles. The van der Waals surface area contributed by atoms with Crippen LogP contribution >= 0.6 is 0 Å². The predicted molar refractivity (Wildman–Crippen MR) is 109 cm³/mol. The highest BCUT2D eigenvalue weighted by Gasteiger charge is 2.38. The van der Waals surface area contributed by atoms with Crippen LogP contribution in [0.4, 0.5) is 36.4 Å². The summed E-state index contributed by atoms with van der Waals surface area (Å²) in [5, 5.41) is 21.1. The summed E-state index contributed by atoms with van der Waals surface area (Å²) in [7, 11) is 0. The second-order valence-electron chi connectivity index (χ2n) is 7.12. The van der Waals surface area contributed by atoms with Crippen LogP contribution in [0.15, 0.2) is 36.7 Å². The minimum atomic E-state index is -5.08. The van der Waals surface area contributed by atoms with Crippen LogP contribution in [0.3, 0.4) is 0 Å². The largest absolute Gasteiger partial charge is 0.490 e. The molecule has 2 aromatic rings. The maximum Gasteiger partial charge on any atom is 0.490 e. The number of aryl methyl sites for hydroxylation is 1. The number of carboxylic acid groups (broad SMARTS) is 2. The highest BCUT2D eigenvalue weighted by molar-refractivity contribution is 5.73. The number of nitrogens with zero attached hydrogens (tertiary/aromatic N) is 3. The molecule has 1 aliphatic rings. The molecule has 0 bridgehead atoms. The van der Waals surface area contributed by atoms with Gasteiger partial charge in [-0.1, -0.05) is 0 Å². The lowest BCUT2D eigenvalue weighted by Crippen LogP contribution is -2.46.